The third kappa shape index (κ3) is 3.07. The summed E-state index contributed by atoms with van der Waals surface area (Å²) in [6.07, 6.45) is 2.19. The van der Waals surface area contributed by atoms with Gasteiger partial charge in [0.2, 0.25) is 0 Å². The van der Waals surface area contributed by atoms with Crippen molar-refractivity contribution in [3.8, 4) is 16.9 Å². The average molecular weight is 302 g/mol. The van der Waals surface area contributed by atoms with Crippen LogP contribution in [0.15, 0.2) is 36.4 Å². The summed E-state index contributed by atoms with van der Waals surface area (Å²) in [7, 11) is 0. The molecule has 0 aliphatic carbocycles. The number of para-hydroxylation sites is 1. The molecule has 0 fully saturated rings. The van der Waals surface area contributed by atoms with Crippen molar-refractivity contribution in [2.75, 3.05) is 13.2 Å². The van der Waals surface area contributed by atoms with E-state index in [1.54, 1.807) is 0 Å². The minimum atomic E-state index is 0.802. The lowest BCUT2D eigenvalue weighted by molar-refractivity contribution is 0.289. The predicted molar refractivity (Wildman–Crippen MR) is 88.1 cm³/mol. The lowest BCUT2D eigenvalue weighted by Crippen LogP contribution is -2.12. The molecular weight excluding hydrogens is 282 g/mol. The Bertz CT molecular complexity index is 639. The maximum absolute atomic E-state index is 6.42. The lowest BCUT2D eigenvalue weighted by atomic mass is 9.97. The van der Waals surface area contributed by atoms with Gasteiger partial charge in [-0.3, -0.25) is 0 Å². The minimum Gasteiger partial charge on any atom is -0.493 e. The Morgan fingerprint density at radius 2 is 2.14 bits per heavy atom. The molecule has 2 aromatic rings. The zero-order chi connectivity index (χ0) is 14.7. The number of fused-ring (bicyclic) bond motifs is 1. The van der Waals surface area contributed by atoms with E-state index in [2.05, 4.69) is 42.6 Å². The third-order valence-electron chi connectivity index (χ3n) is 3.86. The number of aryl methyl sites for hydroxylation is 1. The van der Waals surface area contributed by atoms with Crippen molar-refractivity contribution in [3.05, 3.63) is 52.5 Å². The summed E-state index contributed by atoms with van der Waals surface area (Å²) in [4.78, 5) is 0. The van der Waals surface area contributed by atoms with Gasteiger partial charge in [0.25, 0.3) is 0 Å². The molecule has 0 saturated heterocycles. The Balaban J connectivity index is 1.96. The van der Waals surface area contributed by atoms with Gasteiger partial charge in [0.1, 0.15) is 5.75 Å². The van der Waals surface area contributed by atoms with Gasteiger partial charge in [0.15, 0.2) is 0 Å². The van der Waals surface area contributed by atoms with Gasteiger partial charge >= 0.3 is 0 Å². The van der Waals surface area contributed by atoms with Gasteiger partial charge in [-0.1, -0.05) is 48.9 Å². The number of ether oxygens (including phenoxy) is 1. The van der Waals surface area contributed by atoms with Crippen molar-refractivity contribution in [2.24, 2.45) is 0 Å². The van der Waals surface area contributed by atoms with E-state index in [0.29, 0.717) is 0 Å². The Kier molecular flexibility index (Phi) is 4.47. The molecule has 1 N–H and O–H groups in total. The molecule has 21 heavy (non-hydrogen) atoms. The molecule has 3 rings (SSSR count). The Morgan fingerprint density at radius 1 is 1.24 bits per heavy atom. The number of rotatable bonds is 4. The maximum Gasteiger partial charge on any atom is 0.130 e. The highest BCUT2D eigenvalue weighted by Crippen LogP contribution is 2.37. The van der Waals surface area contributed by atoms with Crippen LogP contribution in [0.1, 0.15) is 24.5 Å². The van der Waals surface area contributed by atoms with Gasteiger partial charge in [0, 0.05) is 17.1 Å². The van der Waals surface area contributed by atoms with E-state index in [0.717, 1.165) is 60.0 Å². The van der Waals surface area contributed by atoms with Crippen LogP contribution in [0.25, 0.3) is 11.1 Å². The third-order valence-corrected chi connectivity index (χ3v) is 4.21. The van der Waals surface area contributed by atoms with Crippen LogP contribution in [0.3, 0.4) is 0 Å². The molecule has 0 radical (unpaired) electrons. The van der Waals surface area contributed by atoms with Crippen molar-refractivity contribution in [2.45, 2.75) is 26.3 Å². The van der Waals surface area contributed by atoms with E-state index in [1.807, 2.05) is 6.07 Å². The molecule has 0 atom stereocenters. The number of nitrogens with one attached hydrogen (secondary N) is 1. The second-order valence-electron chi connectivity index (χ2n) is 5.33. The SMILES string of the molecule is CCNCc1ccc(-c2cccc3c2OCCC3)cc1Cl. The second-order valence-corrected chi connectivity index (χ2v) is 5.74. The zero-order valence-electron chi connectivity index (χ0n) is 12.3. The molecule has 2 aromatic carbocycles. The van der Waals surface area contributed by atoms with Gasteiger partial charge in [-0.15, -0.1) is 0 Å². The Morgan fingerprint density at radius 3 is 2.95 bits per heavy atom. The molecule has 0 bridgehead atoms. The first-order valence-corrected chi connectivity index (χ1v) is 7.91. The Hall–Kier alpha value is -1.51. The first kappa shape index (κ1) is 14.4. The highest BCUT2D eigenvalue weighted by atomic mass is 35.5. The van der Waals surface area contributed by atoms with Crippen molar-refractivity contribution < 1.29 is 4.74 Å². The number of hydrogen-bond donors (Lipinski definition) is 1. The average Bonchev–Trinajstić information content (AvgIpc) is 2.53. The van der Waals surface area contributed by atoms with Crippen molar-refractivity contribution in [1.82, 2.24) is 5.32 Å². The van der Waals surface area contributed by atoms with Gasteiger partial charge < -0.3 is 10.1 Å². The standard InChI is InChI=1S/C18H20ClNO/c1-2-20-12-15-9-8-14(11-17(15)19)16-7-3-5-13-6-4-10-21-18(13)16/h3,5,7-9,11,20H,2,4,6,10,12H2,1H3. The van der Waals surface area contributed by atoms with E-state index >= 15 is 0 Å². The molecule has 3 heteroatoms. The van der Waals surface area contributed by atoms with Crippen molar-refractivity contribution in [3.63, 3.8) is 0 Å². The number of benzene rings is 2. The summed E-state index contributed by atoms with van der Waals surface area (Å²) in [6.45, 7) is 4.64. The summed E-state index contributed by atoms with van der Waals surface area (Å²) < 4.78 is 5.89. The van der Waals surface area contributed by atoms with E-state index < -0.39 is 0 Å². The van der Waals surface area contributed by atoms with Crippen LogP contribution in [0.2, 0.25) is 5.02 Å². The second kappa shape index (κ2) is 6.50. The van der Waals surface area contributed by atoms with Crippen LogP contribution < -0.4 is 10.1 Å². The van der Waals surface area contributed by atoms with Crippen molar-refractivity contribution in [1.29, 1.82) is 0 Å². The number of hydrogen-bond acceptors (Lipinski definition) is 2. The normalized spacial score (nSPS) is 13.6. The topological polar surface area (TPSA) is 21.3 Å². The smallest absolute Gasteiger partial charge is 0.130 e. The molecule has 110 valence electrons. The molecule has 1 aliphatic rings. The first-order valence-electron chi connectivity index (χ1n) is 7.54. The van der Waals surface area contributed by atoms with Gasteiger partial charge in [-0.05, 0) is 42.1 Å². The van der Waals surface area contributed by atoms with Crippen molar-refractivity contribution >= 4 is 11.6 Å². The van der Waals surface area contributed by atoms with Crippen LogP contribution in [0, 0.1) is 0 Å². The summed E-state index contributed by atoms with van der Waals surface area (Å²) in [5.41, 5.74) is 4.70. The predicted octanol–water partition coefficient (Wildman–Crippen LogP) is 4.44. The van der Waals surface area contributed by atoms with Crippen LogP contribution >= 0.6 is 11.6 Å². The van der Waals surface area contributed by atoms with Crippen LogP contribution in [-0.4, -0.2) is 13.2 Å². The molecular formula is C18H20ClNO. The molecule has 1 aliphatic heterocycles. The van der Waals surface area contributed by atoms with Crippen LogP contribution in [0.4, 0.5) is 0 Å². The fourth-order valence-corrected chi connectivity index (χ4v) is 2.98. The fraction of sp³-hybridized carbons (Fsp3) is 0.333. The van der Waals surface area contributed by atoms with Gasteiger partial charge in [-0.2, -0.15) is 0 Å². The molecule has 0 unspecified atom stereocenters. The lowest BCUT2D eigenvalue weighted by Gasteiger charge is -2.20. The summed E-state index contributed by atoms with van der Waals surface area (Å²) >= 11 is 6.42. The van der Waals surface area contributed by atoms with Gasteiger partial charge in [-0.25, -0.2) is 0 Å². The molecule has 2 nitrogen and oxygen atoms in total. The van der Waals surface area contributed by atoms with E-state index in [9.17, 15) is 0 Å². The highest BCUT2D eigenvalue weighted by molar-refractivity contribution is 6.31. The minimum absolute atomic E-state index is 0.802. The van der Waals surface area contributed by atoms with Crippen LogP contribution in [-0.2, 0) is 13.0 Å². The van der Waals surface area contributed by atoms with E-state index in [4.69, 9.17) is 16.3 Å². The summed E-state index contributed by atoms with van der Waals surface area (Å²) in [5, 5.41) is 4.11. The summed E-state index contributed by atoms with van der Waals surface area (Å²) in [5.74, 6) is 1.03. The number of halogens is 1. The molecule has 0 saturated carbocycles. The molecule has 1 heterocycles. The molecule has 0 spiro atoms. The Labute approximate surface area is 131 Å². The van der Waals surface area contributed by atoms with Crippen LogP contribution in [0.5, 0.6) is 5.75 Å². The highest BCUT2D eigenvalue weighted by Gasteiger charge is 2.16. The summed E-state index contributed by atoms with van der Waals surface area (Å²) in [6, 6.07) is 12.6. The van der Waals surface area contributed by atoms with E-state index in [1.165, 1.54) is 5.56 Å². The molecule has 0 aromatic heterocycles. The fourth-order valence-electron chi connectivity index (χ4n) is 2.73. The van der Waals surface area contributed by atoms with E-state index in [-0.39, 0.29) is 0 Å². The maximum atomic E-state index is 6.42. The largest absolute Gasteiger partial charge is 0.493 e. The first-order chi connectivity index (χ1) is 10.3. The molecule has 0 amide bonds. The van der Waals surface area contributed by atoms with Gasteiger partial charge in [0.05, 0.1) is 6.61 Å². The monoisotopic (exact) mass is 301 g/mol. The quantitative estimate of drug-likeness (QED) is 0.901. The zero-order valence-corrected chi connectivity index (χ0v) is 13.0.